The molecule has 0 N–H and O–H groups in total. The van der Waals surface area contributed by atoms with Gasteiger partial charge in [0.2, 0.25) is 11.8 Å². The van der Waals surface area contributed by atoms with Gasteiger partial charge in [0, 0.05) is 42.9 Å². The lowest BCUT2D eigenvalue weighted by Crippen LogP contribution is -2.32. The summed E-state index contributed by atoms with van der Waals surface area (Å²) in [5.41, 5.74) is -0.398. The maximum Gasteiger partial charge on any atom is 0.291 e. The fourth-order valence-corrected chi connectivity index (χ4v) is 3.46. The van der Waals surface area contributed by atoms with Crippen molar-refractivity contribution in [1.82, 2.24) is 20.1 Å². The summed E-state index contributed by atoms with van der Waals surface area (Å²) in [5.74, 6) is -1.64. The Bertz CT molecular complexity index is 1160. The quantitative estimate of drug-likeness (QED) is 0.427. The zero-order valence-corrected chi connectivity index (χ0v) is 16.6. The van der Waals surface area contributed by atoms with E-state index in [4.69, 9.17) is 4.74 Å². The van der Waals surface area contributed by atoms with Crippen molar-refractivity contribution >= 4 is 11.6 Å². The normalized spacial score (nSPS) is 15.6. The number of hydrogen-bond donors (Lipinski definition) is 0. The van der Waals surface area contributed by atoms with Gasteiger partial charge in [-0.3, -0.25) is 14.9 Å². The van der Waals surface area contributed by atoms with Crippen LogP contribution in [-0.2, 0) is 11.2 Å². The predicted molar refractivity (Wildman–Crippen MR) is 108 cm³/mol. The molecular weight excluding hydrogens is 424 g/mol. The number of benzene rings is 1. The molecule has 11 heteroatoms. The molecule has 32 heavy (non-hydrogen) atoms. The number of halogens is 2. The molecule has 0 radical (unpaired) electrons. The Labute approximate surface area is 180 Å². The minimum Gasteiger partial charge on any atom is -0.471 e. The summed E-state index contributed by atoms with van der Waals surface area (Å²) in [6, 6.07) is 8.73. The van der Waals surface area contributed by atoms with E-state index in [9.17, 15) is 23.7 Å². The Hall–Kier alpha value is -4.02. The van der Waals surface area contributed by atoms with E-state index < -0.39 is 16.6 Å². The van der Waals surface area contributed by atoms with Crippen molar-refractivity contribution < 1.29 is 23.2 Å². The van der Waals surface area contributed by atoms with E-state index in [0.29, 0.717) is 24.9 Å². The Morgan fingerprint density at radius 3 is 2.81 bits per heavy atom. The van der Waals surface area contributed by atoms with Gasteiger partial charge in [-0.1, -0.05) is 0 Å². The summed E-state index contributed by atoms with van der Waals surface area (Å²) in [4.78, 5) is 29.3. The standard InChI is InChI=1S/C21H17F2N5O4/c22-13-3-4-15(16(23)10-13)17-5-6-19(28(30)31)18(25-17)11-21(29)27-9-7-14(12-27)32-20-2-1-8-24-26-20/h1-6,8,10,14H,7,9,11-12H2. The van der Waals surface area contributed by atoms with Gasteiger partial charge in [-0.05, 0) is 24.3 Å². The molecular formula is C21H17F2N5O4. The van der Waals surface area contributed by atoms with Crippen LogP contribution in [0.1, 0.15) is 12.1 Å². The van der Waals surface area contributed by atoms with Crippen molar-refractivity contribution in [2.24, 2.45) is 0 Å². The highest BCUT2D eigenvalue weighted by Gasteiger charge is 2.30. The number of nitrogens with zero attached hydrogens (tertiary/aromatic N) is 5. The SMILES string of the molecule is O=C(Cc1nc(-c2ccc(F)cc2F)ccc1[N+](=O)[O-])N1CCC(Oc2cccnn2)C1. The molecule has 3 heterocycles. The molecule has 1 atom stereocenters. The van der Waals surface area contributed by atoms with Crippen LogP contribution >= 0.6 is 0 Å². The monoisotopic (exact) mass is 441 g/mol. The minimum absolute atomic E-state index is 0.0198. The molecule has 1 fully saturated rings. The van der Waals surface area contributed by atoms with E-state index in [2.05, 4.69) is 15.2 Å². The Balaban J connectivity index is 1.51. The maximum atomic E-state index is 14.1. The number of ether oxygens (including phenoxy) is 1. The predicted octanol–water partition coefficient (Wildman–Crippen LogP) is 2.95. The molecule has 9 nitrogen and oxygen atoms in total. The Morgan fingerprint density at radius 2 is 2.09 bits per heavy atom. The number of hydrogen-bond acceptors (Lipinski definition) is 7. The fourth-order valence-electron chi connectivity index (χ4n) is 3.46. The summed E-state index contributed by atoms with van der Waals surface area (Å²) in [5, 5.41) is 19.0. The van der Waals surface area contributed by atoms with Crippen molar-refractivity contribution in [3.63, 3.8) is 0 Å². The molecule has 1 amide bonds. The van der Waals surface area contributed by atoms with Gasteiger partial charge >= 0.3 is 0 Å². The lowest BCUT2D eigenvalue weighted by molar-refractivity contribution is -0.385. The van der Waals surface area contributed by atoms with Gasteiger partial charge in [0.1, 0.15) is 23.4 Å². The van der Waals surface area contributed by atoms with Crippen molar-refractivity contribution in [1.29, 1.82) is 0 Å². The van der Waals surface area contributed by atoms with Crippen LogP contribution in [0.25, 0.3) is 11.3 Å². The van der Waals surface area contributed by atoms with E-state index in [1.807, 2.05) is 0 Å². The van der Waals surface area contributed by atoms with Crippen LogP contribution in [0.3, 0.4) is 0 Å². The molecule has 1 unspecified atom stereocenters. The zero-order valence-electron chi connectivity index (χ0n) is 16.6. The number of carbonyl (C=O) groups is 1. The van der Waals surface area contributed by atoms with Gasteiger partial charge in [-0.2, -0.15) is 5.10 Å². The highest BCUT2D eigenvalue weighted by Crippen LogP contribution is 2.27. The molecule has 0 bridgehead atoms. The molecule has 0 spiro atoms. The summed E-state index contributed by atoms with van der Waals surface area (Å²) in [7, 11) is 0. The van der Waals surface area contributed by atoms with Gasteiger partial charge in [-0.25, -0.2) is 13.8 Å². The third kappa shape index (κ3) is 4.66. The third-order valence-electron chi connectivity index (χ3n) is 5.01. The van der Waals surface area contributed by atoms with Crippen LogP contribution in [0, 0.1) is 21.7 Å². The molecule has 2 aromatic heterocycles. The van der Waals surface area contributed by atoms with Crippen LogP contribution in [0.5, 0.6) is 5.88 Å². The highest BCUT2D eigenvalue weighted by atomic mass is 19.1. The lowest BCUT2D eigenvalue weighted by Gasteiger charge is -2.17. The number of aromatic nitrogens is 3. The van der Waals surface area contributed by atoms with Gasteiger partial charge < -0.3 is 9.64 Å². The van der Waals surface area contributed by atoms with Crippen LogP contribution < -0.4 is 4.74 Å². The van der Waals surface area contributed by atoms with E-state index in [1.165, 1.54) is 23.2 Å². The second kappa shape index (κ2) is 9.00. The largest absolute Gasteiger partial charge is 0.471 e. The number of amides is 1. The first-order valence-corrected chi connectivity index (χ1v) is 9.72. The molecule has 1 aromatic carbocycles. The maximum absolute atomic E-state index is 14.1. The Kier molecular flexibility index (Phi) is 5.97. The van der Waals surface area contributed by atoms with Crippen molar-refractivity contribution in [3.05, 3.63) is 76.1 Å². The molecule has 0 saturated carbocycles. The second-order valence-corrected chi connectivity index (χ2v) is 7.15. The molecule has 164 valence electrons. The number of likely N-dealkylation sites (tertiary alicyclic amines) is 1. The summed E-state index contributed by atoms with van der Waals surface area (Å²) in [6.45, 7) is 0.694. The highest BCUT2D eigenvalue weighted by molar-refractivity contribution is 5.80. The topological polar surface area (TPSA) is 111 Å². The molecule has 3 aromatic rings. The number of rotatable bonds is 6. The molecule has 1 aliphatic rings. The molecule has 0 aliphatic carbocycles. The van der Waals surface area contributed by atoms with Crippen LogP contribution in [-0.4, -0.2) is 50.1 Å². The lowest BCUT2D eigenvalue weighted by atomic mass is 10.1. The fraction of sp³-hybridized carbons (Fsp3) is 0.238. The number of carbonyl (C=O) groups excluding carboxylic acids is 1. The first-order chi connectivity index (χ1) is 15.4. The molecule has 1 aliphatic heterocycles. The van der Waals surface area contributed by atoms with Crippen LogP contribution in [0.2, 0.25) is 0 Å². The summed E-state index contributed by atoms with van der Waals surface area (Å²) >= 11 is 0. The molecule has 1 saturated heterocycles. The zero-order chi connectivity index (χ0) is 22.7. The van der Waals surface area contributed by atoms with Crippen molar-refractivity contribution in [3.8, 4) is 17.1 Å². The van der Waals surface area contributed by atoms with Gasteiger partial charge in [0.15, 0.2) is 0 Å². The molecule has 4 rings (SSSR count). The van der Waals surface area contributed by atoms with E-state index >= 15 is 0 Å². The van der Waals surface area contributed by atoms with Gasteiger partial charge in [0.05, 0.1) is 23.6 Å². The average molecular weight is 441 g/mol. The van der Waals surface area contributed by atoms with Crippen LogP contribution in [0.4, 0.5) is 14.5 Å². The van der Waals surface area contributed by atoms with Crippen molar-refractivity contribution in [2.75, 3.05) is 13.1 Å². The smallest absolute Gasteiger partial charge is 0.291 e. The summed E-state index contributed by atoms with van der Waals surface area (Å²) in [6.07, 6.45) is 1.46. The van der Waals surface area contributed by atoms with Gasteiger partial charge in [-0.15, -0.1) is 5.10 Å². The van der Waals surface area contributed by atoms with E-state index in [-0.39, 0.29) is 47.6 Å². The van der Waals surface area contributed by atoms with Crippen molar-refractivity contribution in [2.45, 2.75) is 18.9 Å². The van der Waals surface area contributed by atoms with Gasteiger partial charge in [0.25, 0.3) is 5.69 Å². The first kappa shape index (κ1) is 21.2. The third-order valence-corrected chi connectivity index (χ3v) is 5.01. The second-order valence-electron chi connectivity index (χ2n) is 7.15. The van der Waals surface area contributed by atoms with E-state index in [0.717, 1.165) is 12.1 Å². The first-order valence-electron chi connectivity index (χ1n) is 9.72. The minimum atomic E-state index is -0.854. The average Bonchev–Trinajstić information content (AvgIpc) is 3.23. The number of pyridine rings is 1. The Morgan fingerprint density at radius 1 is 1.25 bits per heavy atom. The van der Waals surface area contributed by atoms with E-state index in [1.54, 1.807) is 12.1 Å². The van der Waals surface area contributed by atoms with Crippen LogP contribution in [0.15, 0.2) is 48.7 Å². The number of nitro groups is 1. The summed E-state index contributed by atoms with van der Waals surface area (Å²) < 4.78 is 33.1.